The van der Waals surface area contributed by atoms with E-state index < -0.39 is 4.92 Å². The van der Waals surface area contributed by atoms with Crippen molar-refractivity contribution in [2.75, 3.05) is 0 Å². The second-order valence-corrected chi connectivity index (χ2v) is 6.21. The summed E-state index contributed by atoms with van der Waals surface area (Å²) in [5.41, 5.74) is 0.795. The number of hydrogen-bond acceptors (Lipinski definition) is 5. The van der Waals surface area contributed by atoms with Crippen molar-refractivity contribution in [1.82, 2.24) is 0 Å². The van der Waals surface area contributed by atoms with Crippen LogP contribution in [0.5, 0.6) is 0 Å². The third-order valence-corrected chi connectivity index (χ3v) is 3.90. The zero-order chi connectivity index (χ0) is 13.3. The lowest BCUT2D eigenvalue weighted by Crippen LogP contribution is -2.48. The van der Waals surface area contributed by atoms with Gasteiger partial charge in [-0.2, -0.15) is 0 Å². The van der Waals surface area contributed by atoms with Gasteiger partial charge in [-0.05, 0) is 31.5 Å². The predicted molar refractivity (Wildman–Crippen MR) is 71.2 cm³/mol. The molecule has 6 heteroatoms. The maximum atomic E-state index is 11.4. The van der Waals surface area contributed by atoms with Crippen LogP contribution in [0.15, 0.2) is 29.3 Å². The Morgan fingerprint density at radius 3 is 2.44 bits per heavy atom. The van der Waals surface area contributed by atoms with Gasteiger partial charge in [-0.15, -0.1) is 0 Å². The van der Waals surface area contributed by atoms with E-state index in [0.717, 1.165) is 5.56 Å². The molecule has 1 fully saturated rings. The molecule has 0 aromatic heterocycles. The van der Waals surface area contributed by atoms with E-state index >= 15 is 0 Å². The highest BCUT2D eigenvalue weighted by Gasteiger charge is 2.47. The molecule has 5 nitrogen and oxygen atoms in total. The number of hydrogen-bond donors (Lipinski definition) is 0. The molecule has 94 valence electrons. The average Bonchev–Trinajstić information content (AvgIpc) is 2.28. The Bertz CT molecular complexity index is 523. The van der Waals surface area contributed by atoms with Crippen LogP contribution in [0, 0.1) is 10.1 Å². The smallest absolute Gasteiger partial charge is 0.269 e. The molecule has 0 N–H and O–H groups in total. The lowest BCUT2D eigenvalue weighted by Gasteiger charge is -2.38. The molecule has 0 aliphatic carbocycles. The Morgan fingerprint density at radius 2 is 2.00 bits per heavy atom. The maximum absolute atomic E-state index is 11.4. The molecular weight excluding hydrogens is 252 g/mol. The van der Waals surface area contributed by atoms with Crippen LogP contribution < -0.4 is 0 Å². The van der Waals surface area contributed by atoms with Crippen molar-refractivity contribution in [3.63, 3.8) is 0 Å². The predicted octanol–water partition coefficient (Wildman–Crippen LogP) is 2.43. The molecule has 1 heterocycles. The number of carbonyl (C=O) groups is 1. The number of aliphatic imine (C=N–C) groups is 1. The van der Waals surface area contributed by atoms with E-state index in [0.29, 0.717) is 0 Å². The molecule has 0 amide bonds. The van der Waals surface area contributed by atoms with Crippen molar-refractivity contribution in [1.29, 1.82) is 0 Å². The third-order valence-electron chi connectivity index (χ3n) is 2.72. The van der Waals surface area contributed by atoms with E-state index in [1.165, 1.54) is 23.9 Å². The Kier molecular flexibility index (Phi) is 3.21. The van der Waals surface area contributed by atoms with Gasteiger partial charge >= 0.3 is 0 Å². The minimum absolute atomic E-state index is 0.0442. The van der Waals surface area contributed by atoms with Crippen molar-refractivity contribution in [2.45, 2.75) is 24.6 Å². The van der Waals surface area contributed by atoms with E-state index in [1.54, 1.807) is 18.3 Å². The van der Waals surface area contributed by atoms with Crippen LogP contribution in [-0.2, 0) is 4.79 Å². The largest absolute Gasteiger partial charge is 0.285 e. The van der Waals surface area contributed by atoms with Gasteiger partial charge in [-0.3, -0.25) is 19.9 Å². The number of nitro groups is 1. The molecular formula is C12H12N2O3S. The molecule has 2 rings (SSSR count). The van der Waals surface area contributed by atoms with E-state index in [9.17, 15) is 14.9 Å². The van der Waals surface area contributed by atoms with Crippen molar-refractivity contribution in [3.05, 3.63) is 39.9 Å². The topological polar surface area (TPSA) is 72.6 Å². The third kappa shape index (κ3) is 2.43. The average molecular weight is 264 g/mol. The molecule has 18 heavy (non-hydrogen) atoms. The van der Waals surface area contributed by atoms with E-state index in [2.05, 4.69) is 4.99 Å². The summed E-state index contributed by atoms with van der Waals surface area (Å²) in [6, 6.07) is 5.75. The number of nitro benzene ring substituents is 1. The van der Waals surface area contributed by atoms with Crippen LogP contribution in [0.25, 0.3) is 0 Å². The molecule has 1 aromatic rings. The fourth-order valence-corrected chi connectivity index (χ4v) is 2.76. The van der Waals surface area contributed by atoms with Gasteiger partial charge in [0, 0.05) is 23.1 Å². The molecule has 0 unspecified atom stereocenters. The number of thioether (sulfide) groups is 1. The molecule has 0 bridgehead atoms. The van der Waals surface area contributed by atoms with Gasteiger partial charge in [0.05, 0.1) is 4.92 Å². The van der Waals surface area contributed by atoms with Crippen molar-refractivity contribution in [3.8, 4) is 0 Å². The van der Waals surface area contributed by atoms with Gasteiger partial charge < -0.3 is 0 Å². The van der Waals surface area contributed by atoms with Gasteiger partial charge in [0.1, 0.15) is 6.04 Å². The van der Waals surface area contributed by atoms with Crippen molar-refractivity contribution >= 4 is 28.8 Å². The van der Waals surface area contributed by atoms with Crippen LogP contribution in [0.4, 0.5) is 5.69 Å². The quantitative estimate of drug-likeness (QED) is 0.477. The monoisotopic (exact) mass is 264 g/mol. The minimum Gasteiger partial charge on any atom is -0.285 e. The van der Waals surface area contributed by atoms with Crippen molar-refractivity contribution < 1.29 is 9.72 Å². The van der Waals surface area contributed by atoms with Crippen LogP contribution in [0.3, 0.4) is 0 Å². The highest BCUT2D eigenvalue weighted by Crippen LogP contribution is 2.43. The molecule has 1 saturated heterocycles. The summed E-state index contributed by atoms with van der Waals surface area (Å²) in [6.07, 6.45) is 1.59. The summed E-state index contributed by atoms with van der Waals surface area (Å²) in [7, 11) is 0. The molecule has 1 atom stereocenters. The van der Waals surface area contributed by atoms with Crippen LogP contribution in [-0.4, -0.2) is 27.0 Å². The first-order chi connectivity index (χ1) is 8.40. The molecule has 1 aliphatic rings. The van der Waals surface area contributed by atoms with Gasteiger partial charge in [0.2, 0.25) is 5.12 Å². The zero-order valence-electron chi connectivity index (χ0n) is 9.99. The fourth-order valence-electron chi connectivity index (χ4n) is 1.68. The van der Waals surface area contributed by atoms with Crippen molar-refractivity contribution in [2.24, 2.45) is 4.99 Å². The molecule has 1 aromatic carbocycles. The van der Waals surface area contributed by atoms with Crippen LogP contribution in [0.2, 0.25) is 0 Å². The van der Waals surface area contributed by atoms with Gasteiger partial charge in [0.25, 0.3) is 5.69 Å². The fraction of sp³-hybridized carbons (Fsp3) is 0.333. The van der Waals surface area contributed by atoms with E-state index in [4.69, 9.17) is 0 Å². The lowest BCUT2D eigenvalue weighted by molar-refractivity contribution is -0.384. The Balaban J connectivity index is 2.10. The van der Waals surface area contributed by atoms with Gasteiger partial charge in [-0.25, -0.2) is 0 Å². The summed E-state index contributed by atoms with van der Waals surface area (Å²) in [5, 5.41) is 10.6. The summed E-state index contributed by atoms with van der Waals surface area (Å²) >= 11 is 1.29. The van der Waals surface area contributed by atoms with Crippen LogP contribution >= 0.6 is 11.8 Å². The second kappa shape index (κ2) is 4.53. The van der Waals surface area contributed by atoms with Crippen LogP contribution in [0.1, 0.15) is 19.4 Å². The summed E-state index contributed by atoms with van der Waals surface area (Å²) in [4.78, 5) is 25.7. The van der Waals surface area contributed by atoms with E-state index in [-0.39, 0.29) is 21.6 Å². The Hall–Kier alpha value is -1.69. The number of rotatable bonds is 3. The number of carbonyl (C=O) groups excluding carboxylic acids is 1. The van der Waals surface area contributed by atoms with Gasteiger partial charge in [0.15, 0.2) is 0 Å². The number of benzene rings is 1. The Morgan fingerprint density at radius 1 is 1.39 bits per heavy atom. The number of non-ortho nitro benzene ring substituents is 1. The standard InChI is InChI=1S/C12H12N2O3S/c1-12(2)10(11(15)18-12)13-7-8-3-5-9(6-4-8)14(16)17/h3-7,10H,1-2H3/t10-/m0/s1. The normalized spacial score (nSPS) is 21.9. The van der Waals surface area contributed by atoms with E-state index in [1.807, 2.05) is 13.8 Å². The molecule has 0 spiro atoms. The highest BCUT2D eigenvalue weighted by atomic mass is 32.2. The SMILES string of the molecule is CC1(C)SC(=O)[C@@H]1N=Cc1ccc([N+](=O)[O-])cc1. The zero-order valence-corrected chi connectivity index (χ0v) is 10.8. The van der Waals surface area contributed by atoms with Gasteiger partial charge in [-0.1, -0.05) is 11.8 Å². The first-order valence-electron chi connectivity index (χ1n) is 5.40. The first kappa shape index (κ1) is 12.8. The molecule has 0 radical (unpaired) electrons. The first-order valence-corrected chi connectivity index (χ1v) is 6.22. The second-order valence-electron chi connectivity index (χ2n) is 4.55. The highest BCUT2D eigenvalue weighted by molar-refractivity contribution is 8.17. The lowest BCUT2D eigenvalue weighted by atomic mass is 10.0. The summed E-state index contributed by atoms with van der Waals surface area (Å²) < 4.78 is -0.158. The Labute approximate surface area is 108 Å². The maximum Gasteiger partial charge on any atom is 0.269 e. The number of nitrogens with zero attached hydrogens (tertiary/aromatic N) is 2. The summed E-state index contributed by atoms with van der Waals surface area (Å²) in [6.45, 7) is 3.94. The summed E-state index contributed by atoms with van der Waals surface area (Å²) in [5.74, 6) is 0. The molecule has 0 saturated carbocycles. The minimum atomic E-state index is -0.448. The molecule has 1 aliphatic heterocycles.